The molecule has 0 atom stereocenters. The molecule has 0 unspecified atom stereocenters. The number of hydrogen-bond acceptors (Lipinski definition) is 0. The smallest absolute Gasteiger partial charge is 0 e. The third kappa shape index (κ3) is 9.42. The molecule has 0 saturated heterocycles. The maximum Gasteiger partial charge on any atom is 0 e. The molecule has 10 aromatic rings. The number of hydrogen-bond donors (Lipinski definition) is 0. The van der Waals surface area contributed by atoms with Crippen molar-refractivity contribution in [3.63, 3.8) is 0 Å². The zero-order valence-corrected chi connectivity index (χ0v) is 41.9. The average molecular weight is 1040 g/mol. The molecule has 12 rings (SSSR count). The topological polar surface area (TPSA) is 0 Å². The van der Waals surface area contributed by atoms with Crippen LogP contribution in [0.25, 0.3) is 86.9 Å². The van der Waals surface area contributed by atoms with Crippen molar-refractivity contribution in [3.8, 4) is 22.3 Å². The van der Waals surface area contributed by atoms with E-state index >= 15 is 0 Å². The van der Waals surface area contributed by atoms with E-state index in [1.807, 2.05) is 0 Å². The van der Waals surface area contributed by atoms with Gasteiger partial charge in [-0.25, -0.2) is 0 Å². The Labute approximate surface area is 411 Å². The normalized spacial score (nSPS) is 14.3. The molecule has 0 heterocycles. The Morgan fingerprint density at radius 3 is 1.02 bits per heavy atom. The van der Waals surface area contributed by atoms with Crippen molar-refractivity contribution >= 4 is 64.6 Å². The summed E-state index contributed by atoms with van der Waals surface area (Å²) in [7, 11) is 0. The maximum atomic E-state index is 3.38. The van der Waals surface area contributed by atoms with Gasteiger partial charge in [-0.2, -0.15) is 12.1 Å². The molecule has 0 nitrogen and oxygen atoms in total. The second-order valence-corrected chi connectivity index (χ2v) is 17.6. The minimum absolute atomic E-state index is 0. The van der Waals surface area contributed by atoms with Gasteiger partial charge >= 0.3 is 0 Å². The van der Waals surface area contributed by atoms with Crippen molar-refractivity contribution in [1.29, 1.82) is 0 Å². The Bertz CT molecular complexity index is 2800. The molecule has 0 aliphatic heterocycles. The van der Waals surface area contributed by atoms with Crippen LogP contribution in [0.1, 0.15) is 93.6 Å². The quantitative estimate of drug-likeness (QED) is 0.0936. The second-order valence-electron chi connectivity index (χ2n) is 17.6. The Kier molecular flexibility index (Phi) is 16.0. The van der Waals surface area contributed by atoms with Crippen molar-refractivity contribution in [2.24, 2.45) is 0 Å². The van der Waals surface area contributed by atoms with Crippen molar-refractivity contribution < 1.29 is 50.7 Å². The van der Waals surface area contributed by atoms with E-state index in [1.165, 1.54) is 151 Å². The number of benzene rings is 8. The van der Waals surface area contributed by atoms with Crippen molar-refractivity contribution in [3.05, 3.63) is 195 Å². The fourth-order valence-electron chi connectivity index (χ4n) is 10.9. The van der Waals surface area contributed by atoms with Crippen LogP contribution in [0.15, 0.2) is 170 Å². The van der Waals surface area contributed by atoms with Crippen molar-refractivity contribution in [2.75, 3.05) is 0 Å². The summed E-state index contributed by atoms with van der Waals surface area (Å²) in [4.78, 5) is 0. The van der Waals surface area contributed by atoms with E-state index in [9.17, 15) is 0 Å². The minimum Gasteiger partial charge on any atom is -1.00 e. The molecule has 64 heavy (non-hydrogen) atoms. The molecule has 2 fully saturated rings. The van der Waals surface area contributed by atoms with Gasteiger partial charge in [0.15, 0.2) is 0 Å². The molecule has 0 radical (unpaired) electrons. The molecule has 2 aliphatic carbocycles. The summed E-state index contributed by atoms with van der Waals surface area (Å²) in [6, 6.07) is 63.6. The third-order valence-corrected chi connectivity index (χ3v) is 13.8. The Balaban J connectivity index is 0.000000173. The predicted octanol–water partition coefficient (Wildman–Crippen LogP) is 12.2. The van der Waals surface area contributed by atoms with Gasteiger partial charge in [0.05, 0.1) is 0 Å². The molecule has 3 heteroatoms. The van der Waals surface area contributed by atoms with Crippen LogP contribution in [0.3, 0.4) is 0 Å². The molecule has 2 aliphatic rings. The standard InChI is InChI=1S/2C29H25.C3H6.2ClH.Hf/c2*1-2-9-20(10-3-1)24-18-23-13-8-16-27(28(23)19-24)29-25-14-6-4-11-21(25)17-22-12-5-7-15-26(22)29;1-3-2;;;/h2*4-8,11-20H,1-3,9-10H2;1-3H2;2*1H;/q2*-1;-2;;;/p-2. The van der Waals surface area contributed by atoms with Crippen molar-refractivity contribution in [2.45, 2.75) is 82.5 Å². The van der Waals surface area contributed by atoms with Gasteiger partial charge in [-0.3, -0.25) is 0 Å². The van der Waals surface area contributed by atoms with Gasteiger partial charge < -0.3 is 45.1 Å². The molecule has 0 aromatic heterocycles. The first-order valence-corrected chi connectivity index (χ1v) is 23.0. The first kappa shape index (κ1) is 47.4. The summed E-state index contributed by atoms with van der Waals surface area (Å²) in [6.45, 7) is 6.75. The molecule has 324 valence electrons. The summed E-state index contributed by atoms with van der Waals surface area (Å²) in [5.74, 6) is 1.49. The number of fused-ring (bicyclic) bond motifs is 6. The first-order chi connectivity index (χ1) is 30.2. The Morgan fingerprint density at radius 1 is 0.375 bits per heavy atom. The van der Waals surface area contributed by atoms with Gasteiger partial charge in [0.1, 0.15) is 0 Å². The van der Waals surface area contributed by atoms with Crippen LogP contribution in [-0.4, -0.2) is 0 Å². The van der Waals surface area contributed by atoms with E-state index in [2.05, 4.69) is 184 Å². The fraction of sp³-hybridized carbons (Fsp3) is 0.213. The van der Waals surface area contributed by atoms with E-state index < -0.39 is 0 Å². The van der Waals surface area contributed by atoms with Crippen molar-refractivity contribution in [1.82, 2.24) is 0 Å². The van der Waals surface area contributed by atoms with Crippen LogP contribution in [0.5, 0.6) is 0 Å². The van der Waals surface area contributed by atoms with Crippen LogP contribution in [0.4, 0.5) is 0 Å². The van der Waals surface area contributed by atoms with Crippen LogP contribution in [-0.2, 0) is 25.8 Å². The van der Waals surface area contributed by atoms with Gasteiger partial charge in [0, 0.05) is 25.8 Å². The van der Waals surface area contributed by atoms with E-state index in [0.717, 1.165) is 18.3 Å². The van der Waals surface area contributed by atoms with Crippen LogP contribution >= 0.6 is 0 Å². The van der Waals surface area contributed by atoms with E-state index in [4.69, 9.17) is 0 Å². The summed E-state index contributed by atoms with van der Waals surface area (Å²) >= 11 is 0. The molecule has 10 aromatic carbocycles. The number of rotatable bonds is 4. The summed E-state index contributed by atoms with van der Waals surface area (Å²) in [5.41, 5.74) is 8.61. The SMILES string of the molecule is [CH2-]C[CH2-].[Cl-].[Cl-].[Hf].c1ccc2c(-c3cccc4[cH-]c(C5CCCCC5)cc34)c3ccccc3cc2c1.c1ccc2c(-c3cccc4[cH-]c(C5CCCCC5)cc34)c3ccccc3cc2c1. The van der Waals surface area contributed by atoms with Gasteiger partial charge in [-0.1, -0.05) is 159 Å². The van der Waals surface area contributed by atoms with Gasteiger partial charge in [-0.05, 0) is 104 Å². The molecule has 0 N–H and O–H groups in total. The zero-order valence-electron chi connectivity index (χ0n) is 36.8. The summed E-state index contributed by atoms with van der Waals surface area (Å²) < 4.78 is 0. The van der Waals surface area contributed by atoms with Crippen LogP contribution in [0, 0.1) is 13.8 Å². The second kappa shape index (κ2) is 21.6. The molecule has 0 amide bonds. The van der Waals surface area contributed by atoms with Gasteiger partial charge in [0.2, 0.25) is 0 Å². The largest absolute Gasteiger partial charge is 1.00 e. The molecular weight excluding hydrogens is 982 g/mol. The molecule has 0 spiro atoms. The monoisotopic (exact) mass is 1040 g/mol. The zero-order chi connectivity index (χ0) is 41.1. The van der Waals surface area contributed by atoms with Gasteiger partial charge in [-0.15, -0.1) is 69.1 Å². The van der Waals surface area contributed by atoms with E-state index in [0.29, 0.717) is 0 Å². The summed E-state index contributed by atoms with van der Waals surface area (Å²) in [5, 5.41) is 16.3. The fourth-order valence-corrected chi connectivity index (χ4v) is 10.9. The first-order valence-electron chi connectivity index (χ1n) is 23.0. The third-order valence-electron chi connectivity index (χ3n) is 13.8. The number of halogens is 2. The maximum absolute atomic E-state index is 3.38. The predicted molar refractivity (Wildman–Crippen MR) is 267 cm³/mol. The van der Waals surface area contributed by atoms with E-state index in [-0.39, 0.29) is 50.7 Å². The van der Waals surface area contributed by atoms with E-state index in [1.54, 1.807) is 11.1 Å². The average Bonchev–Trinajstić information content (AvgIpc) is 3.97. The molecule has 2 saturated carbocycles. The summed E-state index contributed by atoms with van der Waals surface area (Å²) in [6.07, 6.45) is 14.5. The van der Waals surface area contributed by atoms with Crippen LogP contribution < -0.4 is 24.8 Å². The Morgan fingerprint density at radius 2 is 0.688 bits per heavy atom. The Hall–Kier alpha value is -4.53. The molecular formula is C61H56Cl2Hf-6. The molecule has 0 bridgehead atoms. The minimum atomic E-state index is 0. The van der Waals surface area contributed by atoms with Gasteiger partial charge in [0.25, 0.3) is 0 Å². The van der Waals surface area contributed by atoms with Crippen LogP contribution in [0.2, 0.25) is 0 Å².